The standard InChI is InChI=1S/C18H33ClN2/c1-5-9-10-11-12-13-14-21-17(8-4)18(15(19)6-2)16(7-3)20-21/h15H,5-14H2,1-4H3. The smallest absolute Gasteiger partial charge is 0.0671 e. The summed E-state index contributed by atoms with van der Waals surface area (Å²) in [6, 6.07) is 0. The summed E-state index contributed by atoms with van der Waals surface area (Å²) in [5, 5.41) is 4.95. The third-order valence-corrected chi connectivity index (χ3v) is 4.77. The second-order valence-electron chi connectivity index (χ2n) is 5.88. The van der Waals surface area contributed by atoms with Gasteiger partial charge < -0.3 is 0 Å². The van der Waals surface area contributed by atoms with Crippen LogP contribution in [0.3, 0.4) is 0 Å². The van der Waals surface area contributed by atoms with Crippen molar-refractivity contribution in [2.24, 2.45) is 0 Å². The molecule has 1 aromatic heterocycles. The second-order valence-corrected chi connectivity index (χ2v) is 6.41. The number of aromatic nitrogens is 2. The van der Waals surface area contributed by atoms with Crippen LogP contribution in [-0.4, -0.2) is 9.78 Å². The molecule has 0 aliphatic carbocycles. The summed E-state index contributed by atoms with van der Waals surface area (Å²) in [6.07, 6.45) is 11.0. The fourth-order valence-electron chi connectivity index (χ4n) is 2.99. The summed E-state index contributed by atoms with van der Waals surface area (Å²) in [6.45, 7) is 9.87. The predicted molar refractivity (Wildman–Crippen MR) is 93.2 cm³/mol. The van der Waals surface area contributed by atoms with Crippen molar-refractivity contribution in [2.75, 3.05) is 0 Å². The van der Waals surface area contributed by atoms with Gasteiger partial charge in [0.25, 0.3) is 0 Å². The first kappa shape index (κ1) is 18.5. The van der Waals surface area contributed by atoms with Gasteiger partial charge in [-0.25, -0.2) is 0 Å². The van der Waals surface area contributed by atoms with Gasteiger partial charge in [0.1, 0.15) is 0 Å². The van der Waals surface area contributed by atoms with Crippen LogP contribution in [0.25, 0.3) is 0 Å². The van der Waals surface area contributed by atoms with Gasteiger partial charge in [-0.3, -0.25) is 4.68 Å². The van der Waals surface area contributed by atoms with E-state index in [-0.39, 0.29) is 5.38 Å². The SMILES string of the molecule is CCCCCCCCn1nc(CC)c(C(Cl)CC)c1CC. The van der Waals surface area contributed by atoms with Gasteiger partial charge in [-0.05, 0) is 25.7 Å². The Morgan fingerprint density at radius 1 is 0.952 bits per heavy atom. The summed E-state index contributed by atoms with van der Waals surface area (Å²) >= 11 is 6.54. The van der Waals surface area contributed by atoms with Crippen molar-refractivity contribution in [3.63, 3.8) is 0 Å². The highest BCUT2D eigenvalue weighted by Gasteiger charge is 2.20. The van der Waals surface area contributed by atoms with Gasteiger partial charge in [-0.1, -0.05) is 59.8 Å². The number of hydrogen-bond donors (Lipinski definition) is 0. The predicted octanol–water partition coefficient (Wildman–Crippen LogP) is 6.06. The minimum atomic E-state index is 0.119. The lowest BCUT2D eigenvalue weighted by Crippen LogP contribution is -2.06. The van der Waals surface area contributed by atoms with E-state index in [0.29, 0.717) is 0 Å². The summed E-state index contributed by atoms with van der Waals surface area (Å²) in [7, 11) is 0. The van der Waals surface area contributed by atoms with Crippen LogP contribution in [0.15, 0.2) is 0 Å². The number of unbranched alkanes of at least 4 members (excludes halogenated alkanes) is 5. The number of halogens is 1. The van der Waals surface area contributed by atoms with Gasteiger partial charge >= 0.3 is 0 Å². The Kier molecular flexibility index (Phi) is 9.07. The quantitative estimate of drug-likeness (QED) is 0.359. The second kappa shape index (κ2) is 10.3. The zero-order valence-electron chi connectivity index (χ0n) is 14.4. The van der Waals surface area contributed by atoms with E-state index in [4.69, 9.17) is 16.7 Å². The van der Waals surface area contributed by atoms with Crippen LogP contribution in [0.1, 0.15) is 95.0 Å². The van der Waals surface area contributed by atoms with Gasteiger partial charge in [0.15, 0.2) is 0 Å². The lowest BCUT2D eigenvalue weighted by atomic mass is 10.0. The maximum absolute atomic E-state index is 6.54. The highest BCUT2D eigenvalue weighted by Crippen LogP contribution is 2.31. The summed E-state index contributed by atoms with van der Waals surface area (Å²) < 4.78 is 2.24. The van der Waals surface area contributed by atoms with E-state index >= 15 is 0 Å². The van der Waals surface area contributed by atoms with Crippen molar-refractivity contribution in [1.82, 2.24) is 9.78 Å². The van der Waals surface area contributed by atoms with E-state index in [9.17, 15) is 0 Å². The van der Waals surface area contributed by atoms with Crippen LogP contribution >= 0.6 is 11.6 Å². The number of nitrogens with zero attached hydrogens (tertiary/aromatic N) is 2. The minimum absolute atomic E-state index is 0.119. The fourth-order valence-corrected chi connectivity index (χ4v) is 3.24. The molecule has 1 unspecified atom stereocenters. The molecule has 0 N–H and O–H groups in total. The Hall–Kier alpha value is -0.500. The van der Waals surface area contributed by atoms with Gasteiger partial charge in [-0.2, -0.15) is 5.10 Å². The number of hydrogen-bond acceptors (Lipinski definition) is 1. The molecular weight excluding hydrogens is 280 g/mol. The van der Waals surface area contributed by atoms with Crippen molar-refractivity contribution in [3.8, 4) is 0 Å². The molecule has 1 atom stereocenters. The highest BCUT2D eigenvalue weighted by molar-refractivity contribution is 6.20. The van der Waals surface area contributed by atoms with Crippen LogP contribution < -0.4 is 0 Å². The molecule has 0 spiro atoms. The molecule has 0 aliphatic heterocycles. The van der Waals surface area contributed by atoms with E-state index in [1.165, 1.54) is 55.5 Å². The first-order valence-corrected chi connectivity index (χ1v) is 9.35. The Morgan fingerprint density at radius 2 is 1.62 bits per heavy atom. The van der Waals surface area contributed by atoms with Crippen molar-refractivity contribution in [3.05, 3.63) is 17.0 Å². The van der Waals surface area contributed by atoms with Crippen LogP contribution in [0.2, 0.25) is 0 Å². The van der Waals surface area contributed by atoms with Crippen molar-refractivity contribution in [1.29, 1.82) is 0 Å². The topological polar surface area (TPSA) is 17.8 Å². The van der Waals surface area contributed by atoms with Gasteiger partial charge in [0.05, 0.1) is 11.1 Å². The molecule has 0 fully saturated rings. The molecule has 0 aromatic carbocycles. The highest BCUT2D eigenvalue weighted by atomic mass is 35.5. The first-order valence-electron chi connectivity index (χ1n) is 8.91. The van der Waals surface area contributed by atoms with Crippen molar-refractivity contribution < 1.29 is 0 Å². The van der Waals surface area contributed by atoms with E-state index in [1.54, 1.807) is 0 Å². The lowest BCUT2D eigenvalue weighted by Gasteiger charge is -2.11. The largest absolute Gasteiger partial charge is 0.269 e. The number of rotatable bonds is 11. The summed E-state index contributed by atoms with van der Waals surface area (Å²) in [5.41, 5.74) is 3.89. The van der Waals surface area contributed by atoms with Crippen LogP contribution in [0.4, 0.5) is 0 Å². The molecule has 0 aliphatic rings. The third kappa shape index (κ3) is 5.32. The summed E-state index contributed by atoms with van der Waals surface area (Å²) in [5.74, 6) is 0. The van der Waals surface area contributed by atoms with Crippen molar-refractivity contribution >= 4 is 11.6 Å². The van der Waals surface area contributed by atoms with Crippen LogP contribution in [0.5, 0.6) is 0 Å². The van der Waals surface area contributed by atoms with E-state index in [0.717, 1.165) is 25.8 Å². The Balaban J connectivity index is 2.67. The van der Waals surface area contributed by atoms with Gasteiger partial charge in [0, 0.05) is 17.8 Å². The molecule has 21 heavy (non-hydrogen) atoms. The van der Waals surface area contributed by atoms with Gasteiger partial charge in [-0.15, -0.1) is 11.6 Å². The average molecular weight is 313 g/mol. The van der Waals surface area contributed by atoms with Crippen LogP contribution in [-0.2, 0) is 19.4 Å². The Bertz CT molecular complexity index is 398. The number of alkyl halides is 1. The molecule has 3 heteroatoms. The lowest BCUT2D eigenvalue weighted by molar-refractivity contribution is 0.511. The molecule has 0 saturated carbocycles. The van der Waals surface area contributed by atoms with E-state index in [2.05, 4.69) is 32.4 Å². The molecule has 0 bridgehead atoms. The maximum Gasteiger partial charge on any atom is 0.0671 e. The van der Waals surface area contributed by atoms with Gasteiger partial charge in [0.2, 0.25) is 0 Å². The average Bonchev–Trinajstić information content (AvgIpc) is 2.87. The molecular formula is C18H33ClN2. The molecule has 0 saturated heterocycles. The maximum atomic E-state index is 6.54. The number of aryl methyl sites for hydroxylation is 2. The normalized spacial score (nSPS) is 12.8. The van der Waals surface area contributed by atoms with E-state index < -0.39 is 0 Å². The Labute approximate surface area is 136 Å². The third-order valence-electron chi connectivity index (χ3n) is 4.24. The molecule has 122 valence electrons. The Morgan fingerprint density at radius 3 is 2.19 bits per heavy atom. The summed E-state index contributed by atoms with van der Waals surface area (Å²) in [4.78, 5) is 0. The molecule has 1 rings (SSSR count). The molecule has 1 heterocycles. The molecule has 2 nitrogen and oxygen atoms in total. The molecule has 0 radical (unpaired) electrons. The van der Waals surface area contributed by atoms with E-state index in [1.807, 2.05) is 0 Å². The zero-order chi connectivity index (χ0) is 15.7. The monoisotopic (exact) mass is 312 g/mol. The molecule has 1 aromatic rings. The molecule has 0 amide bonds. The first-order chi connectivity index (χ1) is 10.2. The van der Waals surface area contributed by atoms with Crippen molar-refractivity contribution in [2.45, 2.75) is 97.4 Å². The fraction of sp³-hybridized carbons (Fsp3) is 0.833. The minimum Gasteiger partial charge on any atom is -0.269 e. The zero-order valence-corrected chi connectivity index (χ0v) is 15.2. The van der Waals surface area contributed by atoms with Crippen LogP contribution in [0, 0.1) is 0 Å².